The summed E-state index contributed by atoms with van der Waals surface area (Å²) < 4.78 is 0. The Labute approximate surface area is 129 Å². The molecule has 0 aromatic carbocycles. The van der Waals surface area contributed by atoms with Crippen molar-refractivity contribution in [3.05, 3.63) is 47.4 Å². The molecule has 0 fully saturated rings. The quantitative estimate of drug-likeness (QED) is 0.649. The SMILES string of the molecule is O=C(CSc1cc(C(=O)O)ccn1)Nc1cccnc1Cl. The lowest BCUT2D eigenvalue weighted by Crippen LogP contribution is -2.14. The van der Waals surface area contributed by atoms with Crippen LogP contribution < -0.4 is 5.32 Å². The van der Waals surface area contributed by atoms with Gasteiger partial charge in [0.05, 0.1) is 22.0 Å². The minimum Gasteiger partial charge on any atom is -0.478 e. The molecular formula is C13H10ClN3O3S. The summed E-state index contributed by atoms with van der Waals surface area (Å²) in [4.78, 5) is 30.5. The Hall–Kier alpha value is -2.12. The van der Waals surface area contributed by atoms with E-state index in [0.717, 1.165) is 11.8 Å². The predicted octanol–water partition coefficient (Wildman–Crippen LogP) is 2.56. The van der Waals surface area contributed by atoms with Crippen LogP contribution in [0.5, 0.6) is 0 Å². The summed E-state index contributed by atoms with van der Waals surface area (Å²) in [5.41, 5.74) is 0.556. The lowest BCUT2D eigenvalue weighted by atomic mass is 10.3. The minimum atomic E-state index is -1.04. The van der Waals surface area contributed by atoms with Crippen LogP contribution in [-0.4, -0.2) is 32.7 Å². The normalized spacial score (nSPS) is 10.1. The molecule has 0 saturated carbocycles. The zero-order valence-corrected chi connectivity index (χ0v) is 12.2. The van der Waals surface area contributed by atoms with Gasteiger partial charge in [0.15, 0.2) is 5.15 Å². The molecule has 0 aliphatic heterocycles. The van der Waals surface area contributed by atoms with Crippen molar-refractivity contribution in [2.75, 3.05) is 11.1 Å². The standard InChI is InChI=1S/C13H10ClN3O3S/c14-12-9(2-1-4-16-12)17-10(18)7-21-11-6-8(13(19)20)3-5-15-11/h1-6H,7H2,(H,17,18)(H,19,20). The Kier molecular flexibility index (Phi) is 5.13. The van der Waals surface area contributed by atoms with Crippen LogP contribution >= 0.6 is 23.4 Å². The lowest BCUT2D eigenvalue weighted by molar-refractivity contribution is -0.113. The van der Waals surface area contributed by atoms with Gasteiger partial charge in [0.25, 0.3) is 0 Å². The molecule has 108 valence electrons. The number of pyridine rings is 2. The van der Waals surface area contributed by atoms with Gasteiger partial charge in [-0.2, -0.15) is 0 Å². The second-order valence-corrected chi connectivity index (χ2v) is 5.22. The first kappa shape index (κ1) is 15.3. The fourth-order valence-corrected chi connectivity index (χ4v) is 2.29. The second-order valence-electron chi connectivity index (χ2n) is 3.87. The molecule has 21 heavy (non-hydrogen) atoms. The van der Waals surface area contributed by atoms with E-state index in [1.807, 2.05) is 0 Å². The molecule has 8 heteroatoms. The van der Waals surface area contributed by atoms with Gasteiger partial charge in [-0.3, -0.25) is 4.79 Å². The number of amides is 1. The van der Waals surface area contributed by atoms with Gasteiger partial charge in [-0.25, -0.2) is 14.8 Å². The molecule has 2 aromatic rings. The number of aromatic carboxylic acids is 1. The molecule has 2 N–H and O–H groups in total. The number of carboxylic acid groups (broad SMARTS) is 1. The van der Waals surface area contributed by atoms with Crippen molar-refractivity contribution in [2.45, 2.75) is 5.03 Å². The zero-order chi connectivity index (χ0) is 15.2. The van der Waals surface area contributed by atoms with E-state index in [1.165, 1.54) is 24.5 Å². The number of hydrogen-bond donors (Lipinski definition) is 2. The molecule has 2 aromatic heterocycles. The molecule has 0 bridgehead atoms. The third kappa shape index (κ3) is 4.44. The maximum atomic E-state index is 11.8. The molecule has 0 unspecified atom stereocenters. The molecule has 0 atom stereocenters. The van der Waals surface area contributed by atoms with Crippen molar-refractivity contribution >= 4 is 40.9 Å². The van der Waals surface area contributed by atoms with E-state index < -0.39 is 5.97 Å². The van der Waals surface area contributed by atoms with E-state index in [-0.39, 0.29) is 22.4 Å². The molecule has 0 radical (unpaired) electrons. The highest BCUT2D eigenvalue weighted by Gasteiger charge is 2.09. The summed E-state index contributed by atoms with van der Waals surface area (Å²) in [6, 6.07) is 6.10. The number of thioether (sulfide) groups is 1. The van der Waals surface area contributed by atoms with Crippen molar-refractivity contribution in [3.63, 3.8) is 0 Å². The van der Waals surface area contributed by atoms with Crippen LogP contribution in [-0.2, 0) is 4.79 Å². The van der Waals surface area contributed by atoms with E-state index in [2.05, 4.69) is 15.3 Å². The average Bonchev–Trinajstić information content (AvgIpc) is 2.48. The van der Waals surface area contributed by atoms with E-state index in [9.17, 15) is 9.59 Å². The number of carbonyl (C=O) groups is 2. The number of halogens is 1. The van der Waals surface area contributed by atoms with Gasteiger partial charge in [-0.15, -0.1) is 0 Å². The van der Waals surface area contributed by atoms with Gasteiger partial charge in [0, 0.05) is 12.4 Å². The predicted molar refractivity (Wildman–Crippen MR) is 79.8 cm³/mol. The van der Waals surface area contributed by atoms with Gasteiger partial charge in [0.2, 0.25) is 5.91 Å². The van der Waals surface area contributed by atoms with Crippen molar-refractivity contribution in [1.29, 1.82) is 0 Å². The fraction of sp³-hybridized carbons (Fsp3) is 0.0769. The first-order chi connectivity index (χ1) is 10.1. The Morgan fingerprint density at radius 3 is 2.81 bits per heavy atom. The number of rotatable bonds is 5. The van der Waals surface area contributed by atoms with Crippen molar-refractivity contribution in [2.24, 2.45) is 0 Å². The third-order valence-electron chi connectivity index (χ3n) is 2.37. The summed E-state index contributed by atoms with van der Waals surface area (Å²) in [6.07, 6.45) is 2.91. The van der Waals surface area contributed by atoms with Crippen molar-refractivity contribution in [1.82, 2.24) is 9.97 Å². The monoisotopic (exact) mass is 323 g/mol. The number of carbonyl (C=O) groups excluding carboxylic acids is 1. The molecular weight excluding hydrogens is 314 g/mol. The minimum absolute atomic E-state index is 0.0846. The molecule has 0 spiro atoms. The Balaban J connectivity index is 1.94. The molecule has 1 amide bonds. The molecule has 0 aliphatic carbocycles. The largest absolute Gasteiger partial charge is 0.478 e. The van der Waals surface area contributed by atoms with E-state index in [4.69, 9.17) is 16.7 Å². The summed E-state index contributed by atoms with van der Waals surface area (Å²) in [5, 5.41) is 12.2. The van der Waals surface area contributed by atoms with Crippen LogP contribution in [0.15, 0.2) is 41.7 Å². The smallest absolute Gasteiger partial charge is 0.335 e. The van der Waals surface area contributed by atoms with Gasteiger partial charge < -0.3 is 10.4 Å². The number of carboxylic acids is 1. The summed E-state index contributed by atoms with van der Waals surface area (Å²) in [7, 11) is 0. The molecule has 6 nitrogen and oxygen atoms in total. The number of aromatic nitrogens is 2. The van der Waals surface area contributed by atoms with Crippen molar-refractivity contribution in [3.8, 4) is 0 Å². The lowest BCUT2D eigenvalue weighted by Gasteiger charge is -2.06. The maximum Gasteiger partial charge on any atom is 0.335 e. The average molecular weight is 324 g/mol. The number of nitrogens with one attached hydrogen (secondary N) is 1. The first-order valence-corrected chi connectivity index (χ1v) is 7.15. The molecule has 0 saturated heterocycles. The molecule has 2 heterocycles. The molecule has 2 rings (SSSR count). The second kappa shape index (κ2) is 7.05. The maximum absolute atomic E-state index is 11.8. The third-order valence-corrected chi connectivity index (χ3v) is 3.59. The van der Waals surface area contributed by atoms with Crippen LogP contribution in [0.25, 0.3) is 0 Å². The topological polar surface area (TPSA) is 92.2 Å². The van der Waals surface area contributed by atoms with Crippen LogP contribution in [0.1, 0.15) is 10.4 Å². The number of anilines is 1. The van der Waals surface area contributed by atoms with Gasteiger partial charge in [-0.1, -0.05) is 23.4 Å². The van der Waals surface area contributed by atoms with Crippen LogP contribution in [0.3, 0.4) is 0 Å². The highest BCUT2D eigenvalue weighted by atomic mass is 35.5. The van der Waals surface area contributed by atoms with Crippen LogP contribution in [0, 0.1) is 0 Å². The number of hydrogen-bond acceptors (Lipinski definition) is 5. The first-order valence-electron chi connectivity index (χ1n) is 5.79. The van der Waals surface area contributed by atoms with Crippen LogP contribution in [0.2, 0.25) is 5.15 Å². The van der Waals surface area contributed by atoms with E-state index in [0.29, 0.717) is 10.7 Å². The number of nitrogens with zero attached hydrogens (tertiary/aromatic N) is 2. The van der Waals surface area contributed by atoms with Gasteiger partial charge in [0.1, 0.15) is 0 Å². The Bertz CT molecular complexity index is 681. The Morgan fingerprint density at radius 1 is 1.29 bits per heavy atom. The summed E-state index contributed by atoms with van der Waals surface area (Å²) in [5.74, 6) is -1.23. The van der Waals surface area contributed by atoms with Gasteiger partial charge >= 0.3 is 5.97 Å². The zero-order valence-electron chi connectivity index (χ0n) is 10.6. The fourth-order valence-electron chi connectivity index (χ4n) is 1.43. The highest BCUT2D eigenvalue weighted by molar-refractivity contribution is 7.99. The van der Waals surface area contributed by atoms with Crippen LogP contribution in [0.4, 0.5) is 5.69 Å². The highest BCUT2D eigenvalue weighted by Crippen LogP contribution is 2.20. The molecule has 0 aliphatic rings. The summed E-state index contributed by atoms with van der Waals surface area (Å²) in [6.45, 7) is 0. The van der Waals surface area contributed by atoms with Gasteiger partial charge in [-0.05, 0) is 24.3 Å². The van der Waals surface area contributed by atoms with E-state index in [1.54, 1.807) is 12.1 Å². The Morgan fingerprint density at radius 2 is 2.10 bits per heavy atom. The summed E-state index contributed by atoms with van der Waals surface area (Å²) >= 11 is 6.97. The van der Waals surface area contributed by atoms with E-state index >= 15 is 0 Å². The van der Waals surface area contributed by atoms with Crippen molar-refractivity contribution < 1.29 is 14.7 Å².